The molecule has 1 aromatic rings. The van der Waals surface area contributed by atoms with Gasteiger partial charge in [0.25, 0.3) is 0 Å². The lowest BCUT2D eigenvalue weighted by Gasteiger charge is -2.23. The van der Waals surface area contributed by atoms with Gasteiger partial charge in [-0.15, -0.1) is 0 Å². The van der Waals surface area contributed by atoms with Crippen LogP contribution in [0.4, 0.5) is 5.69 Å². The predicted molar refractivity (Wildman–Crippen MR) is 65.2 cm³/mol. The molecule has 1 N–H and O–H groups in total. The Morgan fingerprint density at radius 3 is 2.75 bits per heavy atom. The molecule has 1 atom stereocenters. The van der Waals surface area contributed by atoms with Crippen molar-refractivity contribution >= 4 is 5.69 Å². The highest BCUT2D eigenvalue weighted by atomic mass is 16.3. The summed E-state index contributed by atoms with van der Waals surface area (Å²) in [5.41, 5.74) is 1.94. The van der Waals surface area contributed by atoms with E-state index in [2.05, 4.69) is 6.07 Å². The summed E-state index contributed by atoms with van der Waals surface area (Å²) in [5, 5.41) is 18.5. The molecule has 0 aliphatic carbocycles. The third-order valence-electron chi connectivity index (χ3n) is 2.65. The lowest BCUT2D eigenvalue weighted by molar-refractivity contribution is 0.174. The minimum atomic E-state index is -0.430. The van der Waals surface area contributed by atoms with Crippen LogP contribution in [0.1, 0.15) is 31.4 Å². The standard InChI is InChI=1S/C13H18N2O/c1-3-13(16)11-7-4-5-8-12(11)15(2)10-6-9-14/h4-5,7-8,13,16H,3,6,10H2,1-2H3. The summed E-state index contributed by atoms with van der Waals surface area (Å²) in [6, 6.07) is 9.92. The maximum absolute atomic E-state index is 9.89. The van der Waals surface area contributed by atoms with Crippen molar-refractivity contribution in [1.82, 2.24) is 0 Å². The van der Waals surface area contributed by atoms with Gasteiger partial charge in [-0.05, 0) is 12.5 Å². The van der Waals surface area contributed by atoms with Crippen molar-refractivity contribution in [2.75, 3.05) is 18.5 Å². The molecule has 16 heavy (non-hydrogen) atoms. The average Bonchev–Trinajstić information content (AvgIpc) is 2.35. The zero-order valence-electron chi connectivity index (χ0n) is 9.85. The Hall–Kier alpha value is -1.53. The number of hydrogen-bond acceptors (Lipinski definition) is 3. The zero-order valence-corrected chi connectivity index (χ0v) is 9.85. The molecule has 3 nitrogen and oxygen atoms in total. The van der Waals surface area contributed by atoms with E-state index in [1.54, 1.807) is 0 Å². The normalized spacial score (nSPS) is 11.9. The third kappa shape index (κ3) is 2.98. The Kier molecular flexibility index (Phi) is 4.81. The average molecular weight is 218 g/mol. The van der Waals surface area contributed by atoms with E-state index in [4.69, 9.17) is 5.26 Å². The van der Waals surface area contributed by atoms with Gasteiger partial charge in [-0.1, -0.05) is 25.1 Å². The molecule has 0 amide bonds. The second kappa shape index (κ2) is 6.14. The van der Waals surface area contributed by atoms with E-state index in [9.17, 15) is 5.11 Å². The zero-order chi connectivity index (χ0) is 12.0. The molecule has 1 unspecified atom stereocenters. The van der Waals surface area contributed by atoms with Crippen molar-refractivity contribution in [3.05, 3.63) is 29.8 Å². The number of nitrogens with zero attached hydrogens (tertiary/aromatic N) is 2. The lowest BCUT2D eigenvalue weighted by Crippen LogP contribution is -2.20. The van der Waals surface area contributed by atoms with Gasteiger partial charge in [0.05, 0.1) is 18.6 Å². The molecule has 0 saturated carbocycles. The SMILES string of the molecule is CCC(O)c1ccccc1N(C)CCC#N. The van der Waals surface area contributed by atoms with Crippen LogP contribution in [0.15, 0.2) is 24.3 Å². The maximum Gasteiger partial charge on any atom is 0.0807 e. The molecular weight excluding hydrogens is 200 g/mol. The summed E-state index contributed by atoms with van der Waals surface area (Å²) >= 11 is 0. The molecule has 0 saturated heterocycles. The van der Waals surface area contributed by atoms with Gasteiger partial charge in [-0.25, -0.2) is 0 Å². The van der Waals surface area contributed by atoms with Crippen LogP contribution in [0.5, 0.6) is 0 Å². The summed E-state index contributed by atoms with van der Waals surface area (Å²) in [6.45, 7) is 2.64. The van der Waals surface area contributed by atoms with Crippen LogP contribution < -0.4 is 4.90 Å². The quantitative estimate of drug-likeness (QED) is 0.826. The number of aliphatic hydroxyl groups excluding tert-OH is 1. The number of benzene rings is 1. The number of aliphatic hydroxyl groups is 1. The van der Waals surface area contributed by atoms with E-state index in [1.165, 1.54) is 0 Å². The Bertz CT molecular complexity index is 370. The minimum absolute atomic E-state index is 0.430. The molecule has 86 valence electrons. The lowest BCUT2D eigenvalue weighted by atomic mass is 10.0. The van der Waals surface area contributed by atoms with Crippen LogP contribution in [-0.2, 0) is 0 Å². The minimum Gasteiger partial charge on any atom is -0.388 e. The van der Waals surface area contributed by atoms with Gasteiger partial charge in [-0.2, -0.15) is 5.26 Å². The van der Waals surface area contributed by atoms with E-state index < -0.39 is 6.10 Å². The second-order valence-electron chi connectivity index (χ2n) is 3.81. The van der Waals surface area contributed by atoms with Gasteiger partial charge in [0, 0.05) is 24.8 Å². The fraction of sp³-hybridized carbons (Fsp3) is 0.462. The summed E-state index contributed by atoms with van der Waals surface area (Å²) in [4.78, 5) is 2.01. The molecule has 0 radical (unpaired) electrons. The van der Waals surface area contributed by atoms with Gasteiger partial charge >= 0.3 is 0 Å². The Labute approximate surface area is 96.9 Å². The van der Waals surface area contributed by atoms with Crippen molar-refractivity contribution in [2.45, 2.75) is 25.9 Å². The monoisotopic (exact) mass is 218 g/mol. The number of anilines is 1. The summed E-state index contributed by atoms with van der Waals surface area (Å²) < 4.78 is 0. The fourth-order valence-electron chi connectivity index (χ4n) is 1.68. The smallest absolute Gasteiger partial charge is 0.0807 e. The number of rotatable bonds is 5. The molecule has 0 bridgehead atoms. The first kappa shape index (κ1) is 12.5. The number of hydrogen-bond donors (Lipinski definition) is 1. The van der Waals surface area contributed by atoms with E-state index >= 15 is 0 Å². The molecule has 1 rings (SSSR count). The molecule has 0 spiro atoms. The van der Waals surface area contributed by atoms with Crippen molar-refractivity contribution in [3.63, 3.8) is 0 Å². The Morgan fingerprint density at radius 1 is 1.44 bits per heavy atom. The second-order valence-corrected chi connectivity index (χ2v) is 3.81. The highest BCUT2D eigenvalue weighted by molar-refractivity contribution is 5.54. The van der Waals surface area contributed by atoms with Gasteiger partial charge in [-0.3, -0.25) is 0 Å². The maximum atomic E-state index is 9.89. The summed E-state index contributed by atoms with van der Waals surface area (Å²) in [7, 11) is 1.94. The molecule has 1 aromatic carbocycles. The largest absolute Gasteiger partial charge is 0.388 e. The summed E-state index contributed by atoms with van der Waals surface area (Å²) in [6.07, 6.45) is 0.761. The van der Waals surface area contributed by atoms with Crippen LogP contribution in [0, 0.1) is 11.3 Å². The molecule has 0 aromatic heterocycles. The van der Waals surface area contributed by atoms with Crippen LogP contribution >= 0.6 is 0 Å². The van der Waals surface area contributed by atoms with Gasteiger partial charge in [0.15, 0.2) is 0 Å². The first-order valence-electron chi connectivity index (χ1n) is 5.55. The topological polar surface area (TPSA) is 47.3 Å². The van der Waals surface area contributed by atoms with E-state index in [0.717, 1.165) is 11.3 Å². The molecule has 3 heteroatoms. The van der Waals surface area contributed by atoms with E-state index in [-0.39, 0.29) is 0 Å². The van der Waals surface area contributed by atoms with Crippen molar-refractivity contribution in [2.24, 2.45) is 0 Å². The first-order valence-corrected chi connectivity index (χ1v) is 5.55. The van der Waals surface area contributed by atoms with E-state index in [1.807, 2.05) is 43.1 Å². The Balaban J connectivity index is 2.90. The van der Waals surface area contributed by atoms with Crippen molar-refractivity contribution in [1.29, 1.82) is 5.26 Å². The molecule has 0 fully saturated rings. The van der Waals surface area contributed by atoms with Gasteiger partial charge in [0.1, 0.15) is 0 Å². The third-order valence-corrected chi connectivity index (χ3v) is 2.65. The van der Waals surface area contributed by atoms with Crippen LogP contribution in [0.2, 0.25) is 0 Å². The van der Waals surface area contributed by atoms with E-state index in [0.29, 0.717) is 19.4 Å². The summed E-state index contributed by atoms with van der Waals surface area (Å²) in [5.74, 6) is 0. The molecule has 0 heterocycles. The van der Waals surface area contributed by atoms with Crippen LogP contribution in [0.3, 0.4) is 0 Å². The molecular formula is C13H18N2O. The van der Waals surface area contributed by atoms with Crippen molar-refractivity contribution < 1.29 is 5.11 Å². The number of nitriles is 1. The van der Waals surface area contributed by atoms with Crippen LogP contribution in [0.25, 0.3) is 0 Å². The first-order chi connectivity index (χ1) is 7.70. The highest BCUT2D eigenvalue weighted by Crippen LogP contribution is 2.27. The van der Waals surface area contributed by atoms with Crippen LogP contribution in [-0.4, -0.2) is 18.7 Å². The molecule has 0 aliphatic rings. The predicted octanol–water partition coefficient (Wildman–Crippen LogP) is 2.48. The molecule has 0 aliphatic heterocycles. The fourth-order valence-corrected chi connectivity index (χ4v) is 1.68. The number of para-hydroxylation sites is 1. The Morgan fingerprint density at radius 2 is 2.12 bits per heavy atom. The van der Waals surface area contributed by atoms with Crippen molar-refractivity contribution in [3.8, 4) is 6.07 Å². The van der Waals surface area contributed by atoms with Gasteiger partial charge in [0.2, 0.25) is 0 Å². The highest BCUT2D eigenvalue weighted by Gasteiger charge is 2.12. The van der Waals surface area contributed by atoms with Gasteiger partial charge < -0.3 is 10.0 Å².